The fourth-order valence-electron chi connectivity index (χ4n) is 1.42. The van der Waals surface area contributed by atoms with Crippen molar-refractivity contribution in [2.75, 3.05) is 0 Å². The van der Waals surface area contributed by atoms with Gasteiger partial charge in [-0.3, -0.25) is 4.79 Å². The van der Waals surface area contributed by atoms with Gasteiger partial charge in [0.25, 0.3) is 12.0 Å². The Balaban J connectivity index is 2.94. The van der Waals surface area contributed by atoms with E-state index >= 15 is 0 Å². The maximum absolute atomic E-state index is 12.5. The van der Waals surface area contributed by atoms with Crippen LogP contribution in [0.5, 0.6) is 0 Å². The van der Waals surface area contributed by atoms with Gasteiger partial charge in [-0.05, 0) is 6.42 Å². The Bertz CT molecular complexity index is 266. The molecule has 0 saturated carbocycles. The number of hydrogen-bond donors (Lipinski definition) is 1. The molecule has 1 N–H and O–H groups in total. The number of hydrogen-bond acceptors (Lipinski definition) is 3. The van der Waals surface area contributed by atoms with Crippen LogP contribution in [-0.2, 0) is 14.3 Å². The van der Waals surface area contributed by atoms with Crippen molar-refractivity contribution in [3.63, 3.8) is 0 Å². The molecule has 6 heteroatoms. The largest absolute Gasteiger partial charge is 0.478 e. The number of alkyl halides is 2. The molecule has 0 spiro atoms. The lowest BCUT2D eigenvalue weighted by atomic mass is 9.93. The maximum Gasteiger partial charge on any atom is 0.354 e. The lowest BCUT2D eigenvalue weighted by Gasteiger charge is -2.20. The Morgan fingerprint density at radius 1 is 1.79 bits per heavy atom. The fourth-order valence-corrected chi connectivity index (χ4v) is 1.42. The van der Waals surface area contributed by atoms with Crippen molar-refractivity contribution in [2.45, 2.75) is 31.8 Å². The summed E-state index contributed by atoms with van der Waals surface area (Å²) >= 11 is 0. The van der Waals surface area contributed by atoms with E-state index in [-0.39, 0.29) is 0 Å². The number of carbonyl (C=O) groups excluding carboxylic acids is 1. The lowest BCUT2D eigenvalue weighted by Crippen LogP contribution is -2.45. The Labute approximate surface area is 78.8 Å². The van der Waals surface area contributed by atoms with E-state index in [0.717, 1.165) is 0 Å². The monoisotopic (exact) mass is 208 g/mol. The molecule has 0 aromatic rings. The highest BCUT2D eigenvalue weighted by Crippen LogP contribution is 2.37. The highest BCUT2D eigenvalue weighted by molar-refractivity contribution is 5.87. The molecule has 80 valence electrons. The van der Waals surface area contributed by atoms with Crippen molar-refractivity contribution < 1.29 is 28.2 Å². The van der Waals surface area contributed by atoms with Crippen LogP contribution in [0, 0.1) is 5.92 Å². The highest BCUT2D eigenvalue weighted by Gasteiger charge is 2.58. The molecule has 0 aromatic heterocycles. The van der Waals surface area contributed by atoms with Crippen molar-refractivity contribution in [3.8, 4) is 0 Å². The average molecular weight is 208 g/mol. The van der Waals surface area contributed by atoms with Crippen molar-refractivity contribution in [1.82, 2.24) is 0 Å². The molecule has 1 saturated heterocycles. The molecular formula is C8H10F2O4. The van der Waals surface area contributed by atoms with Crippen molar-refractivity contribution >= 4 is 11.9 Å². The van der Waals surface area contributed by atoms with Crippen molar-refractivity contribution in [2.24, 2.45) is 5.92 Å². The number of halogens is 2. The zero-order valence-corrected chi connectivity index (χ0v) is 7.50. The predicted octanol–water partition coefficient (Wildman–Crippen LogP) is 1.05. The predicted molar refractivity (Wildman–Crippen MR) is 40.9 cm³/mol. The molecule has 4 nitrogen and oxygen atoms in total. The van der Waals surface area contributed by atoms with E-state index in [2.05, 4.69) is 4.74 Å². The molecule has 1 aliphatic rings. The summed E-state index contributed by atoms with van der Waals surface area (Å²) in [5.74, 6) is -3.37. The molecule has 0 aromatic carbocycles. The number of cyclic esters (lactones) is 1. The van der Waals surface area contributed by atoms with Crippen LogP contribution in [0.3, 0.4) is 0 Å². The van der Waals surface area contributed by atoms with E-state index in [1.165, 1.54) is 0 Å². The molecule has 1 heterocycles. The first kappa shape index (κ1) is 10.9. The van der Waals surface area contributed by atoms with Crippen LogP contribution >= 0.6 is 0 Å². The van der Waals surface area contributed by atoms with Gasteiger partial charge in [-0.2, -0.15) is 0 Å². The molecule has 2 unspecified atom stereocenters. The summed E-state index contributed by atoms with van der Waals surface area (Å²) in [5, 5.41) is 8.61. The van der Waals surface area contributed by atoms with Crippen LogP contribution in [0.1, 0.15) is 19.8 Å². The normalized spacial score (nSPS) is 32.0. The molecule has 14 heavy (non-hydrogen) atoms. The van der Waals surface area contributed by atoms with Crippen LogP contribution < -0.4 is 0 Å². The van der Waals surface area contributed by atoms with Gasteiger partial charge in [-0.1, -0.05) is 6.92 Å². The number of carboxylic acid groups (broad SMARTS) is 1. The number of carbonyl (C=O) groups is 2. The van der Waals surface area contributed by atoms with E-state index in [1.807, 2.05) is 0 Å². The van der Waals surface area contributed by atoms with E-state index < -0.39 is 36.3 Å². The van der Waals surface area contributed by atoms with E-state index in [4.69, 9.17) is 5.11 Å². The van der Waals surface area contributed by atoms with E-state index in [0.29, 0.717) is 6.42 Å². The second-order valence-electron chi connectivity index (χ2n) is 3.23. The average Bonchev–Trinajstić information content (AvgIpc) is 2.43. The van der Waals surface area contributed by atoms with Gasteiger partial charge in [-0.15, -0.1) is 0 Å². The first-order valence-corrected chi connectivity index (χ1v) is 4.18. The van der Waals surface area contributed by atoms with E-state index in [9.17, 15) is 18.4 Å². The van der Waals surface area contributed by atoms with Gasteiger partial charge in [0.2, 0.25) is 0 Å². The Hall–Kier alpha value is -1.20. The summed E-state index contributed by atoms with van der Waals surface area (Å²) < 4.78 is 29.2. The van der Waals surface area contributed by atoms with Crippen LogP contribution in [-0.4, -0.2) is 29.1 Å². The minimum absolute atomic E-state index is 0.306. The summed E-state index contributed by atoms with van der Waals surface area (Å²) in [7, 11) is 0. The van der Waals surface area contributed by atoms with Gasteiger partial charge >= 0.3 is 11.9 Å². The smallest absolute Gasteiger partial charge is 0.354 e. The molecular weight excluding hydrogens is 198 g/mol. The summed E-state index contributed by atoms with van der Waals surface area (Å²) in [6.45, 7) is 1.62. The Morgan fingerprint density at radius 3 is 2.57 bits per heavy atom. The van der Waals surface area contributed by atoms with Gasteiger partial charge in [0.05, 0.1) is 5.92 Å². The van der Waals surface area contributed by atoms with Gasteiger partial charge in [-0.25, -0.2) is 13.6 Å². The molecule has 0 amide bonds. The topological polar surface area (TPSA) is 63.6 Å². The van der Waals surface area contributed by atoms with Crippen molar-refractivity contribution in [1.29, 1.82) is 0 Å². The number of carboxylic acids is 1. The maximum atomic E-state index is 12.5. The first-order valence-electron chi connectivity index (χ1n) is 4.18. The third-order valence-corrected chi connectivity index (χ3v) is 2.37. The highest BCUT2D eigenvalue weighted by atomic mass is 19.3. The zero-order valence-electron chi connectivity index (χ0n) is 7.50. The third kappa shape index (κ3) is 1.44. The molecule has 1 rings (SSSR count). The molecule has 0 bridgehead atoms. The van der Waals surface area contributed by atoms with Gasteiger partial charge in [0.1, 0.15) is 0 Å². The van der Waals surface area contributed by atoms with Gasteiger partial charge < -0.3 is 9.84 Å². The SMILES string of the molecule is CCC1CC(C(=O)O)(C(F)F)OC1=O. The van der Waals surface area contributed by atoms with Gasteiger partial charge in [0.15, 0.2) is 0 Å². The van der Waals surface area contributed by atoms with Crippen LogP contribution in [0.2, 0.25) is 0 Å². The summed E-state index contributed by atoms with van der Waals surface area (Å²) in [6.07, 6.45) is -3.34. The molecule has 2 atom stereocenters. The molecule has 0 radical (unpaired) electrons. The second kappa shape index (κ2) is 3.51. The minimum atomic E-state index is -3.19. The number of ether oxygens (including phenoxy) is 1. The molecule has 1 aliphatic heterocycles. The minimum Gasteiger partial charge on any atom is -0.478 e. The van der Waals surface area contributed by atoms with Crippen molar-refractivity contribution in [3.05, 3.63) is 0 Å². The summed E-state index contributed by atoms with van der Waals surface area (Å²) in [4.78, 5) is 21.6. The third-order valence-electron chi connectivity index (χ3n) is 2.37. The van der Waals surface area contributed by atoms with Crippen LogP contribution in [0.15, 0.2) is 0 Å². The number of aliphatic carboxylic acids is 1. The Morgan fingerprint density at radius 2 is 2.36 bits per heavy atom. The lowest BCUT2D eigenvalue weighted by molar-refractivity contribution is -0.186. The van der Waals surface area contributed by atoms with Crippen LogP contribution in [0.25, 0.3) is 0 Å². The quantitative estimate of drug-likeness (QED) is 0.704. The fraction of sp³-hybridized carbons (Fsp3) is 0.750. The van der Waals surface area contributed by atoms with Crippen LogP contribution in [0.4, 0.5) is 8.78 Å². The summed E-state index contributed by atoms with van der Waals surface area (Å²) in [5.41, 5.74) is -2.63. The first-order chi connectivity index (χ1) is 6.44. The van der Waals surface area contributed by atoms with E-state index in [1.54, 1.807) is 6.92 Å². The second-order valence-corrected chi connectivity index (χ2v) is 3.23. The standard InChI is InChI=1S/C8H10F2O4/c1-2-4-3-8(6(9)10,7(12)13)14-5(4)11/h4,6H,2-3H2,1H3,(H,12,13). The molecule has 1 fully saturated rings. The number of rotatable bonds is 3. The van der Waals surface area contributed by atoms with Gasteiger partial charge in [0, 0.05) is 6.42 Å². The Kier molecular flexibility index (Phi) is 2.73. The summed E-state index contributed by atoms with van der Waals surface area (Å²) in [6, 6.07) is 0. The zero-order chi connectivity index (χ0) is 10.9. The molecule has 0 aliphatic carbocycles. The number of esters is 1.